The molecule has 0 saturated heterocycles. The van der Waals surface area contributed by atoms with Crippen LogP contribution in [-0.2, 0) is 22.4 Å². The number of ether oxygens (including phenoxy) is 2. The third kappa shape index (κ3) is 6.44. The standard InChI is InChI=1S/C29H36N2O4/c1-4-33-28(32)12-5-6-18-31-19-8-9-24-26(31)10-7-11-27(24)34-20-17-25-22(3)35-29(30-25)23-15-13-21(2)14-16-23/h7,10-11,13-16H,4-6,8-9,12,17-20H2,1-3H3. The number of esters is 1. The number of carbonyl (C=O) groups is 1. The average Bonchev–Trinajstić information content (AvgIpc) is 3.23. The van der Waals surface area contributed by atoms with Crippen LogP contribution in [0.1, 0.15) is 55.2 Å². The van der Waals surface area contributed by atoms with Crippen molar-refractivity contribution in [2.24, 2.45) is 0 Å². The van der Waals surface area contributed by atoms with E-state index < -0.39 is 0 Å². The average molecular weight is 477 g/mol. The minimum atomic E-state index is -0.101. The number of anilines is 1. The first-order chi connectivity index (χ1) is 17.0. The molecule has 1 aliphatic rings. The number of benzene rings is 2. The van der Waals surface area contributed by atoms with Crippen LogP contribution in [0.4, 0.5) is 5.69 Å². The summed E-state index contributed by atoms with van der Waals surface area (Å²) in [6, 6.07) is 14.5. The summed E-state index contributed by atoms with van der Waals surface area (Å²) in [5.41, 5.74) is 5.68. The van der Waals surface area contributed by atoms with Gasteiger partial charge in [-0.1, -0.05) is 23.8 Å². The number of aromatic nitrogens is 1. The van der Waals surface area contributed by atoms with Crippen molar-refractivity contribution in [2.45, 2.75) is 59.3 Å². The lowest BCUT2D eigenvalue weighted by Crippen LogP contribution is -2.30. The molecule has 1 aromatic heterocycles. The van der Waals surface area contributed by atoms with Crippen molar-refractivity contribution in [1.82, 2.24) is 4.98 Å². The van der Waals surface area contributed by atoms with Crippen LogP contribution in [0.3, 0.4) is 0 Å². The molecule has 1 aliphatic heterocycles. The number of nitrogens with zero attached hydrogens (tertiary/aromatic N) is 2. The zero-order chi connectivity index (χ0) is 24.6. The van der Waals surface area contributed by atoms with E-state index >= 15 is 0 Å². The molecule has 6 nitrogen and oxygen atoms in total. The molecule has 0 N–H and O–H groups in total. The molecule has 0 bridgehead atoms. The molecule has 0 radical (unpaired) electrons. The van der Waals surface area contributed by atoms with Crippen molar-refractivity contribution in [3.63, 3.8) is 0 Å². The summed E-state index contributed by atoms with van der Waals surface area (Å²) in [5.74, 6) is 2.36. The molecular weight excluding hydrogens is 440 g/mol. The van der Waals surface area contributed by atoms with E-state index in [1.54, 1.807) is 0 Å². The molecule has 0 unspecified atom stereocenters. The van der Waals surface area contributed by atoms with Crippen LogP contribution in [0.2, 0.25) is 0 Å². The Labute approximate surface area is 208 Å². The van der Waals surface area contributed by atoms with E-state index in [0.717, 1.165) is 61.5 Å². The highest BCUT2D eigenvalue weighted by atomic mass is 16.5. The lowest BCUT2D eigenvalue weighted by atomic mass is 10.00. The molecule has 0 saturated carbocycles. The third-order valence-corrected chi connectivity index (χ3v) is 6.46. The number of rotatable bonds is 11. The second-order valence-electron chi connectivity index (χ2n) is 9.09. The van der Waals surface area contributed by atoms with Crippen LogP contribution in [0.15, 0.2) is 46.9 Å². The summed E-state index contributed by atoms with van der Waals surface area (Å²) < 4.78 is 17.2. The lowest BCUT2D eigenvalue weighted by molar-refractivity contribution is -0.143. The topological polar surface area (TPSA) is 64.8 Å². The highest BCUT2D eigenvalue weighted by molar-refractivity contribution is 5.69. The van der Waals surface area contributed by atoms with Gasteiger partial charge in [0.05, 0.1) is 18.9 Å². The molecule has 6 heteroatoms. The molecular formula is C29H36N2O4. The first kappa shape index (κ1) is 24.8. The van der Waals surface area contributed by atoms with Gasteiger partial charge >= 0.3 is 5.97 Å². The quantitative estimate of drug-likeness (QED) is 0.247. The Balaban J connectivity index is 1.33. The van der Waals surface area contributed by atoms with Crippen molar-refractivity contribution in [3.05, 3.63) is 65.0 Å². The maximum Gasteiger partial charge on any atom is 0.305 e. The summed E-state index contributed by atoms with van der Waals surface area (Å²) in [6.07, 6.45) is 5.13. The number of fused-ring (bicyclic) bond motifs is 1. The predicted octanol–water partition coefficient (Wildman–Crippen LogP) is 6.07. The summed E-state index contributed by atoms with van der Waals surface area (Å²) >= 11 is 0. The molecule has 2 heterocycles. The van der Waals surface area contributed by atoms with Gasteiger partial charge in [-0.2, -0.15) is 0 Å². The van der Waals surface area contributed by atoms with Crippen molar-refractivity contribution in [2.75, 3.05) is 31.2 Å². The van der Waals surface area contributed by atoms with Crippen LogP contribution >= 0.6 is 0 Å². The first-order valence-electron chi connectivity index (χ1n) is 12.7. The molecule has 0 fully saturated rings. The zero-order valence-electron chi connectivity index (χ0n) is 21.1. The van der Waals surface area contributed by atoms with Crippen molar-refractivity contribution in [1.29, 1.82) is 0 Å². The van der Waals surface area contributed by atoms with Gasteiger partial charge in [0.25, 0.3) is 0 Å². The second-order valence-corrected chi connectivity index (χ2v) is 9.09. The number of hydrogen-bond donors (Lipinski definition) is 0. The highest BCUT2D eigenvalue weighted by Crippen LogP contribution is 2.34. The number of hydrogen-bond acceptors (Lipinski definition) is 6. The molecule has 3 aromatic rings. The molecule has 2 aromatic carbocycles. The molecule has 0 amide bonds. The monoisotopic (exact) mass is 476 g/mol. The molecule has 4 rings (SSSR count). The number of oxazole rings is 1. The number of aryl methyl sites for hydroxylation is 2. The van der Waals surface area contributed by atoms with E-state index in [0.29, 0.717) is 31.9 Å². The third-order valence-electron chi connectivity index (χ3n) is 6.46. The fourth-order valence-corrected chi connectivity index (χ4v) is 4.58. The van der Waals surface area contributed by atoms with E-state index in [-0.39, 0.29) is 5.97 Å². The van der Waals surface area contributed by atoms with Crippen LogP contribution in [0.5, 0.6) is 5.75 Å². The summed E-state index contributed by atoms with van der Waals surface area (Å²) in [7, 11) is 0. The molecule has 0 atom stereocenters. The Kier molecular flexibility index (Phi) is 8.45. The Morgan fingerprint density at radius 1 is 1.11 bits per heavy atom. The number of unbranched alkanes of at least 4 members (excludes halogenated alkanes) is 1. The SMILES string of the molecule is CCOC(=O)CCCCN1CCCc2c(OCCc3nc(-c4ccc(C)cc4)oc3C)cccc21. The number of carbonyl (C=O) groups excluding carboxylic acids is 1. The van der Waals surface area contributed by atoms with Gasteiger partial charge in [0, 0.05) is 42.7 Å². The van der Waals surface area contributed by atoms with E-state index in [9.17, 15) is 4.79 Å². The lowest BCUT2D eigenvalue weighted by Gasteiger charge is -2.32. The Morgan fingerprint density at radius 2 is 1.94 bits per heavy atom. The Hall–Kier alpha value is -3.28. The minimum Gasteiger partial charge on any atom is -0.493 e. The Morgan fingerprint density at radius 3 is 2.74 bits per heavy atom. The predicted molar refractivity (Wildman–Crippen MR) is 138 cm³/mol. The van der Waals surface area contributed by atoms with E-state index in [2.05, 4.69) is 42.2 Å². The van der Waals surface area contributed by atoms with Gasteiger partial charge in [-0.25, -0.2) is 4.98 Å². The molecule has 0 spiro atoms. The fraction of sp³-hybridized carbons (Fsp3) is 0.448. The summed E-state index contributed by atoms with van der Waals surface area (Å²) in [6.45, 7) is 8.86. The Bertz CT molecular complexity index is 1120. The zero-order valence-corrected chi connectivity index (χ0v) is 21.1. The maximum atomic E-state index is 11.6. The van der Waals surface area contributed by atoms with Gasteiger partial charge in [0.1, 0.15) is 11.5 Å². The largest absolute Gasteiger partial charge is 0.493 e. The van der Waals surface area contributed by atoms with Gasteiger partial charge in [-0.3, -0.25) is 4.79 Å². The van der Waals surface area contributed by atoms with Gasteiger partial charge in [-0.05, 0) is 70.7 Å². The molecule has 35 heavy (non-hydrogen) atoms. The smallest absolute Gasteiger partial charge is 0.305 e. The molecule has 0 aliphatic carbocycles. The molecule has 186 valence electrons. The van der Waals surface area contributed by atoms with Crippen LogP contribution in [-0.4, -0.2) is 37.3 Å². The van der Waals surface area contributed by atoms with Crippen LogP contribution in [0, 0.1) is 13.8 Å². The van der Waals surface area contributed by atoms with E-state index in [1.807, 2.05) is 26.0 Å². The summed E-state index contributed by atoms with van der Waals surface area (Å²) in [5, 5.41) is 0. The van der Waals surface area contributed by atoms with Crippen molar-refractivity contribution >= 4 is 11.7 Å². The highest BCUT2D eigenvalue weighted by Gasteiger charge is 2.20. The normalized spacial score (nSPS) is 12.9. The van der Waals surface area contributed by atoms with Crippen molar-refractivity contribution < 1.29 is 18.7 Å². The maximum absolute atomic E-state index is 11.6. The van der Waals surface area contributed by atoms with Crippen molar-refractivity contribution in [3.8, 4) is 17.2 Å². The fourth-order valence-electron chi connectivity index (χ4n) is 4.58. The first-order valence-corrected chi connectivity index (χ1v) is 12.7. The van der Waals surface area contributed by atoms with Gasteiger partial charge in [0.2, 0.25) is 5.89 Å². The van der Waals surface area contributed by atoms with Gasteiger partial charge < -0.3 is 18.8 Å². The van der Waals surface area contributed by atoms with Gasteiger partial charge in [0.15, 0.2) is 0 Å². The van der Waals surface area contributed by atoms with Crippen LogP contribution in [0.25, 0.3) is 11.5 Å². The summed E-state index contributed by atoms with van der Waals surface area (Å²) in [4.78, 5) is 18.7. The minimum absolute atomic E-state index is 0.101. The van der Waals surface area contributed by atoms with E-state index in [1.165, 1.54) is 16.8 Å². The van der Waals surface area contributed by atoms with E-state index in [4.69, 9.17) is 18.9 Å². The second kappa shape index (κ2) is 11.9. The van der Waals surface area contributed by atoms with Gasteiger partial charge in [-0.15, -0.1) is 0 Å². The van der Waals surface area contributed by atoms with Crippen LogP contribution < -0.4 is 9.64 Å².